The van der Waals surface area contributed by atoms with Gasteiger partial charge >= 0.3 is 5.97 Å². The average Bonchev–Trinajstić information content (AvgIpc) is 2.39. The van der Waals surface area contributed by atoms with Crippen LogP contribution in [0.2, 0.25) is 10.0 Å². The molecule has 2 N–H and O–H groups in total. The Morgan fingerprint density at radius 1 is 1.20 bits per heavy atom. The number of hydrogen-bond acceptors (Lipinski definition) is 2. The molecule has 104 valence electrons. The summed E-state index contributed by atoms with van der Waals surface area (Å²) in [4.78, 5) is 11.4. The first-order valence-electron chi connectivity index (χ1n) is 5.67. The highest BCUT2D eigenvalue weighted by atomic mass is 79.9. The fourth-order valence-electron chi connectivity index (χ4n) is 1.73. The Morgan fingerprint density at radius 2 is 1.95 bits per heavy atom. The van der Waals surface area contributed by atoms with Gasteiger partial charge in [-0.2, -0.15) is 0 Å². The first kappa shape index (κ1) is 15.2. The van der Waals surface area contributed by atoms with Crippen LogP contribution in [-0.4, -0.2) is 11.1 Å². The molecule has 3 nitrogen and oxygen atoms in total. The minimum atomic E-state index is -0.988. The molecular formula is C14H10BrCl2NO2. The number of nitrogens with one attached hydrogen (secondary N) is 1. The lowest BCUT2D eigenvalue weighted by Crippen LogP contribution is -2.20. The molecule has 2 rings (SSSR count). The first-order chi connectivity index (χ1) is 9.47. The topological polar surface area (TPSA) is 49.3 Å². The van der Waals surface area contributed by atoms with Crippen molar-refractivity contribution in [2.45, 2.75) is 6.04 Å². The maximum Gasteiger partial charge on any atom is 0.330 e. The van der Waals surface area contributed by atoms with Crippen LogP contribution in [0, 0.1) is 0 Å². The number of carbonyl (C=O) groups is 1. The summed E-state index contributed by atoms with van der Waals surface area (Å²) in [5, 5.41) is 13.4. The summed E-state index contributed by atoms with van der Waals surface area (Å²) >= 11 is 15.1. The maximum atomic E-state index is 11.4. The van der Waals surface area contributed by atoms with Gasteiger partial charge in [0.05, 0.1) is 5.02 Å². The van der Waals surface area contributed by atoms with Gasteiger partial charge in [0.25, 0.3) is 0 Å². The van der Waals surface area contributed by atoms with Gasteiger partial charge in [0.2, 0.25) is 0 Å². The first-order valence-corrected chi connectivity index (χ1v) is 7.22. The third kappa shape index (κ3) is 3.66. The SMILES string of the molecule is O=C(O)C(Nc1ccc(Cl)c(Br)c1)c1cccc(Cl)c1. The van der Waals surface area contributed by atoms with Gasteiger partial charge in [0, 0.05) is 15.2 Å². The summed E-state index contributed by atoms with van der Waals surface area (Å²) in [7, 11) is 0. The molecule has 1 unspecified atom stereocenters. The van der Waals surface area contributed by atoms with Crippen molar-refractivity contribution in [2.24, 2.45) is 0 Å². The van der Waals surface area contributed by atoms with Gasteiger partial charge in [0.1, 0.15) is 0 Å². The van der Waals surface area contributed by atoms with Gasteiger partial charge in [-0.1, -0.05) is 35.3 Å². The van der Waals surface area contributed by atoms with E-state index in [0.29, 0.717) is 25.8 Å². The van der Waals surface area contributed by atoms with E-state index in [4.69, 9.17) is 23.2 Å². The minimum Gasteiger partial charge on any atom is -0.479 e. The summed E-state index contributed by atoms with van der Waals surface area (Å²) in [5.41, 5.74) is 1.23. The van der Waals surface area contributed by atoms with Crippen molar-refractivity contribution in [2.75, 3.05) is 5.32 Å². The van der Waals surface area contributed by atoms with Crippen LogP contribution >= 0.6 is 39.1 Å². The fraction of sp³-hybridized carbons (Fsp3) is 0.0714. The van der Waals surface area contributed by atoms with Crippen molar-refractivity contribution in [3.05, 3.63) is 62.5 Å². The molecule has 0 aliphatic heterocycles. The maximum absolute atomic E-state index is 11.4. The molecular weight excluding hydrogens is 365 g/mol. The molecule has 20 heavy (non-hydrogen) atoms. The third-order valence-electron chi connectivity index (χ3n) is 2.66. The highest BCUT2D eigenvalue weighted by Crippen LogP contribution is 2.28. The zero-order valence-corrected chi connectivity index (χ0v) is 13.2. The molecule has 1 atom stereocenters. The Bertz CT molecular complexity index is 649. The Morgan fingerprint density at radius 3 is 2.55 bits per heavy atom. The monoisotopic (exact) mass is 373 g/mol. The number of rotatable bonds is 4. The quantitative estimate of drug-likeness (QED) is 0.792. The molecule has 0 aliphatic rings. The second-order valence-electron chi connectivity index (χ2n) is 4.10. The van der Waals surface area contributed by atoms with E-state index < -0.39 is 12.0 Å². The second-order valence-corrected chi connectivity index (χ2v) is 5.80. The van der Waals surface area contributed by atoms with E-state index in [0.717, 1.165) is 0 Å². The number of benzene rings is 2. The lowest BCUT2D eigenvalue weighted by molar-refractivity contribution is -0.138. The van der Waals surface area contributed by atoms with Crippen molar-refractivity contribution in [1.29, 1.82) is 0 Å². The van der Waals surface area contributed by atoms with E-state index in [-0.39, 0.29) is 0 Å². The molecule has 0 spiro atoms. The lowest BCUT2D eigenvalue weighted by Gasteiger charge is -2.17. The largest absolute Gasteiger partial charge is 0.479 e. The average molecular weight is 375 g/mol. The van der Waals surface area contributed by atoms with Gasteiger partial charge in [-0.15, -0.1) is 0 Å². The molecule has 6 heteroatoms. The molecule has 0 fully saturated rings. The van der Waals surface area contributed by atoms with E-state index in [1.54, 1.807) is 42.5 Å². The Labute approximate surface area is 134 Å². The second kappa shape index (κ2) is 6.48. The number of halogens is 3. The van der Waals surface area contributed by atoms with E-state index in [2.05, 4.69) is 21.2 Å². The molecule has 0 saturated heterocycles. The van der Waals surface area contributed by atoms with Crippen LogP contribution in [0.4, 0.5) is 5.69 Å². The highest BCUT2D eigenvalue weighted by Gasteiger charge is 2.20. The van der Waals surface area contributed by atoms with Crippen LogP contribution in [0.3, 0.4) is 0 Å². The number of anilines is 1. The van der Waals surface area contributed by atoms with Gasteiger partial charge in [-0.3, -0.25) is 0 Å². The third-order valence-corrected chi connectivity index (χ3v) is 4.11. The van der Waals surface area contributed by atoms with Crippen LogP contribution in [0.15, 0.2) is 46.9 Å². The van der Waals surface area contributed by atoms with Crippen LogP contribution in [0.25, 0.3) is 0 Å². The van der Waals surface area contributed by atoms with E-state index in [9.17, 15) is 9.90 Å². The van der Waals surface area contributed by atoms with Gasteiger partial charge < -0.3 is 10.4 Å². The minimum absolute atomic E-state index is 0.493. The van der Waals surface area contributed by atoms with Crippen LogP contribution in [0.5, 0.6) is 0 Å². The van der Waals surface area contributed by atoms with Gasteiger partial charge in [0.15, 0.2) is 6.04 Å². The molecule has 0 bridgehead atoms. The van der Waals surface area contributed by atoms with E-state index >= 15 is 0 Å². The standard InChI is InChI=1S/C14H10BrCl2NO2/c15-11-7-10(4-5-12(11)17)18-13(14(19)20)8-2-1-3-9(16)6-8/h1-7,13,18H,(H,19,20). The Balaban J connectivity index is 2.30. The molecule has 0 heterocycles. The summed E-state index contributed by atoms with van der Waals surface area (Å²) < 4.78 is 0.694. The smallest absolute Gasteiger partial charge is 0.330 e. The number of aliphatic carboxylic acids is 1. The summed E-state index contributed by atoms with van der Waals surface area (Å²) in [6.07, 6.45) is 0. The molecule has 0 radical (unpaired) electrons. The van der Waals surface area contributed by atoms with Crippen LogP contribution < -0.4 is 5.32 Å². The zero-order valence-electron chi connectivity index (χ0n) is 10.1. The summed E-state index contributed by atoms with van der Waals surface area (Å²) in [6, 6.07) is 11.0. The number of carboxylic acids is 1. The molecule has 0 amide bonds. The highest BCUT2D eigenvalue weighted by molar-refractivity contribution is 9.10. The van der Waals surface area contributed by atoms with E-state index in [1.807, 2.05) is 0 Å². The fourth-order valence-corrected chi connectivity index (χ4v) is 2.42. The van der Waals surface area contributed by atoms with Crippen LogP contribution in [-0.2, 0) is 4.79 Å². The molecule has 2 aromatic carbocycles. The van der Waals surface area contributed by atoms with Crippen LogP contribution in [0.1, 0.15) is 11.6 Å². The number of carboxylic acid groups (broad SMARTS) is 1. The number of hydrogen-bond donors (Lipinski definition) is 2. The van der Waals surface area contributed by atoms with Crippen molar-refractivity contribution < 1.29 is 9.90 Å². The molecule has 0 aromatic heterocycles. The van der Waals surface area contributed by atoms with Crippen molar-refractivity contribution in [1.82, 2.24) is 0 Å². The zero-order chi connectivity index (χ0) is 14.7. The predicted octanol–water partition coefficient (Wildman–Crippen LogP) is 4.99. The van der Waals surface area contributed by atoms with E-state index in [1.165, 1.54) is 0 Å². The lowest BCUT2D eigenvalue weighted by atomic mass is 10.1. The van der Waals surface area contributed by atoms with Crippen molar-refractivity contribution in [3.8, 4) is 0 Å². The normalized spacial score (nSPS) is 11.9. The predicted molar refractivity (Wildman–Crippen MR) is 84.6 cm³/mol. The Hall–Kier alpha value is -1.23. The molecule has 0 aliphatic carbocycles. The Kier molecular flexibility index (Phi) is 4.91. The van der Waals surface area contributed by atoms with Crippen molar-refractivity contribution in [3.63, 3.8) is 0 Å². The van der Waals surface area contributed by atoms with Gasteiger partial charge in [-0.05, 0) is 51.8 Å². The molecule has 2 aromatic rings. The van der Waals surface area contributed by atoms with Crippen molar-refractivity contribution >= 4 is 50.8 Å². The molecule has 0 saturated carbocycles. The van der Waals surface area contributed by atoms with Gasteiger partial charge in [-0.25, -0.2) is 4.79 Å². The summed E-state index contributed by atoms with van der Waals surface area (Å²) in [5.74, 6) is -0.988. The summed E-state index contributed by atoms with van der Waals surface area (Å²) in [6.45, 7) is 0.